The van der Waals surface area contributed by atoms with Gasteiger partial charge >= 0.3 is 5.97 Å². The fourth-order valence-corrected chi connectivity index (χ4v) is 2.53. The molecule has 1 heterocycles. The summed E-state index contributed by atoms with van der Waals surface area (Å²) in [6, 6.07) is 5.64. The Morgan fingerprint density at radius 3 is 2.95 bits per heavy atom. The largest absolute Gasteiger partial charge is 0.478 e. The third-order valence-electron chi connectivity index (χ3n) is 3.83. The predicted octanol–water partition coefficient (Wildman–Crippen LogP) is 1.61. The quantitative estimate of drug-likeness (QED) is 0.866. The first-order valence-electron chi connectivity index (χ1n) is 6.99. The molecule has 20 heavy (non-hydrogen) atoms. The van der Waals surface area contributed by atoms with Gasteiger partial charge in [-0.15, -0.1) is 5.10 Å². The highest BCUT2D eigenvalue weighted by molar-refractivity contribution is 5.92. The smallest absolute Gasteiger partial charge is 0.335 e. The maximum absolute atomic E-state index is 11.0. The summed E-state index contributed by atoms with van der Waals surface area (Å²) in [5.41, 5.74) is 1.80. The number of aromatic nitrogens is 3. The van der Waals surface area contributed by atoms with Crippen LogP contribution >= 0.6 is 0 Å². The number of rotatable bonds is 6. The van der Waals surface area contributed by atoms with E-state index in [0.29, 0.717) is 0 Å². The van der Waals surface area contributed by atoms with E-state index in [1.54, 1.807) is 22.9 Å². The highest BCUT2D eigenvalue weighted by Crippen LogP contribution is 2.26. The van der Waals surface area contributed by atoms with Crippen molar-refractivity contribution in [2.75, 3.05) is 13.1 Å². The highest BCUT2D eigenvalue weighted by atomic mass is 16.4. The van der Waals surface area contributed by atoms with E-state index in [9.17, 15) is 4.79 Å². The van der Waals surface area contributed by atoms with Crippen LogP contribution in [0.3, 0.4) is 0 Å². The molecule has 3 rings (SSSR count). The zero-order chi connectivity index (χ0) is 14.1. The van der Waals surface area contributed by atoms with Gasteiger partial charge in [0.25, 0.3) is 0 Å². The summed E-state index contributed by atoms with van der Waals surface area (Å²) in [7, 11) is 0. The second kappa shape index (κ2) is 5.20. The summed E-state index contributed by atoms with van der Waals surface area (Å²) >= 11 is 0. The summed E-state index contributed by atoms with van der Waals surface area (Å²) < 4.78 is 1.80. The van der Waals surface area contributed by atoms with Crippen molar-refractivity contribution in [2.45, 2.75) is 32.4 Å². The van der Waals surface area contributed by atoms with Gasteiger partial charge in [-0.2, -0.15) is 0 Å². The van der Waals surface area contributed by atoms with Crippen LogP contribution in [0.15, 0.2) is 18.2 Å². The van der Waals surface area contributed by atoms with Crippen molar-refractivity contribution < 1.29 is 9.90 Å². The van der Waals surface area contributed by atoms with Gasteiger partial charge in [-0.3, -0.25) is 4.90 Å². The van der Waals surface area contributed by atoms with E-state index >= 15 is 0 Å². The van der Waals surface area contributed by atoms with Gasteiger partial charge in [0.05, 0.1) is 17.6 Å². The second-order valence-electron chi connectivity index (χ2n) is 5.18. The van der Waals surface area contributed by atoms with E-state index in [1.165, 1.54) is 12.8 Å². The number of benzene rings is 1. The normalized spacial score (nSPS) is 15.1. The number of hydrogen-bond donors (Lipinski definition) is 1. The first-order chi connectivity index (χ1) is 9.69. The molecule has 6 heteroatoms. The molecule has 1 aromatic carbocycles. The number of fused-ring (bicyclic) bond motifs is 1. The number of carboxylic acids is 1. The third kappa shape index (κ3) is 2.51. The molecular weight excluding hydrogens is 256 g/mol. The van der Waals surface area contributed by atoms with Crippen LogP contribution in [0, 0.1) is 0 Å². The van der Waals surface area contributed by atoms with Crippen LogP contribution < -0.4 is 0 Å². The maximum atomic E-state index is 11.0. The predicted molar refractivity (Wildman–Crippen MR) is 74.8 cm³/mol. The molecule has 0 saturated heterocycles. The molecule has 0 spiro atoms. The molecule has 0 bridgehead atoms. The summed E-state index contributed by atoms with van der Waals surface area (Å²) in [6.07, 6.45) is 2.57. The van der Waals surface area contributed by atoms with Crippen LogP contribution in [0.4, 0.5) is 0 Å². The van der Waals surface area contributed by atoms with Crippen molar-refractivity contribution in [1.82, 2.24) is 19.9 Å². The Morgan fingerprint density at radius 2 is 2.30 bits per heavy atom. The number of carbonyl (C=O) groups is 1. The molecule has 0 atom stereocenters. The summed E-state index contributed by atoms with van der Waals surface area (Å²) in [6.45, 7) is 4.87. The van der Waals surface area contributed by atoms with E-state index in [0.717, 1.165) is 36.7 Å². The first kappa shape index (κ1) is 13.1. The molecule has 1 saturated carbocycles. The highest BCUT2D eigenvalue weighted by Gasteiger charge is 2.27. The third-order valence-corrected chi connectivity index (χ3v) is 3.83. The van der Waals surface area contributed by atoms with Crippen molar-refractivity contribution in [3.8, 4) is 0 Å². The van der Waals surface area contributed by atoms with Gasteiger partial charge in [-0.1, -0.05) is 12.1 Å². The minimum absolute atomic E-state index is 0.274. The van der Waals surface area contributed by atoms with Crippen LogP contribution in [-0.2, 0) is 6.54 Å². The lowest BCUT2D eigenvalue weighted by Gasteiger charge is -2.19. The van der Waals surface area contributed by atoms with Crippen molar-refractivity contribution in [3.05, 3.63) is 23.8 Å². The van der Waals surface area contributed by atoms with Crippen molar-refractivity contribution in [1.29, 1.82) is 0 Å². The Balaban J connectivity index is 1.80. The Morgan fingerprint density at radius 1 is 1.50 bits per heavy atom. The van der Waals surface area contributed by atoms with E-state index in [2.05, 4.69) is 22.1 Å². The maximum Gasteiger partial charge on any atom is 0.335 e. The molecule has 0 unspecified atom stereocenters. The van der Waals surface area contributed by atoms with Crippen LogP contribution in [0.2, 0.25) is 0 Å². The van der Waals surface area contributed by atoms with Gasteiger partial charge in [0.2, 0.25) is 0 Å². The topological polar surface area (TPSA) is 71.2 Å². The van der Waals surface area contributed by atoms with Gasteiger partial charge in [0.1, 0.15) is 5.52 Å². The molecule has 6 nitrogen and oxygen atoms in total. The zero-order valence-corrected chi connectivity index (χ0v) is 11.5. The molecule has 1 aliphatic carbocycles. The van der Waals surface area contributed by atoms with Gasteiger partial charge in [-0.25, -0.2) is 9.48 Å². The minimum atomic E-state index is -0.923. The van der Waals surface area contributed by atoms with E-state index in [4.69, 9.17) is 5.11 Å². The van der Waals surface area contributed by atoms with Crippen LogP contribution in [0.1, 0.15) is 30.1 Å². The average Bonchev–Trinajstić information content (AvgIpc) is 3.20. The van der Waals surface area contributed by atoms with Gasteiger partial charge in [-0.05, 0) is 37.6 Å². The number of carboxylic acid groups (broad SMARTS) is 1. The first-order valence-corrected chi connectivity index (χ1v) is 6.99. The fraction of sp³-hybridized carbons (Fsp3) is 0.500. The standard InChI is InChI=1S/C14H18N4O2/c1-2-17(11-4-5-11)7-8-18-13-9-10(14(19)20)3-6-12(13)15-16-18/h3,6,9,11H,2,4-5,7-8H2,1H3,(H,19,20). The van der Waals surface area contributed by atoms with Crippen molar-refractivity contribution >= 4 is 17.0 Å². The molecule has 0 radical (unpaired) electrons. The SMILES string of the molecule is CCN(CCn1nnc2ccc(C(=O)O)cc21)C1CC1. The van der Waals surface area contributed by atoms with Crippen molar-refractivity contribution in [3.63, 3.8) is 0 Å². The van der Waals surface area contributed by atoms with E-state index in [1.807, 2.05) is 0 Å². The summed E-state index contributed by atoms with van der Waals surface area (Å²) in [5.74, 6) is -0.923. The van der Waals surface area contributed by atoms with Gasteiger partial charge in [0.15, 0.2) is 0 Å². The number of likely N-dealkylation sites (N-methyl/N-ethyl adjacent to an activating group) is 1. The summed E-state index contributed by atoms with van der Waals surface area (Å²) in [5, 5.41) is 17.3. The summed E-state index contributed by atoms with van der Waals surface area (Å²) in [4.78, 5) is 13.5. The van der Waals surface area contributed by atoms with Crippen LogP contribution in [0.5, 0.6) is 0 Å². The number of hydrogen-bond acceptors (Lipinski definition) is 4. The van der Waals surface area contributed by atoms with E-state index in [-0.39, 0.29) is 5.56 Å². The van der Waals surface area contributed by atoms with E-state index < -0.39 is 5.97 Å². The average molecular weight is 274 g/mol. The number of nitrogens with zero attached hydrogens (tertiary/aromatic N) is 4. The monoisotopic (exact) mass is 274 g/mol. The zero-order valence-electron chi connectivity index (χ0n) is 11.5. The molecule has 1 aliphatic rings. The Bertz CT molecular complexity index is 633. The van der Waals surface area contributed by atoms with Crippen molar-refractivity contribution in [2.24, 2.45) is 0 Å². The molecule has 106 valence electrons. The second-order valence-corrected chi connectivity index (χ2v) is 5.18. The molecule has 0 amide bonds. The van der Waals surface area contributed by atoms with Gasteiger partial charge < -0.3 is 5.11 Å². The van der Waals surface area contributed by atoms with Gasteiger partial charge in [0, 0.05) is 12.6 Å². The molecular formula is C14H18N4O2. The lowest BCUT2D eigenvalue weighted by Crippen LogP contribution is -2.29. The van der Waals surface area contributed by atoms with Crippen LogP contribution in [-0.4, -0.2) is 50.1 Å². The molecule has 0 aliphatic heterocycles. The van der Waals surface area contributed by atoms with Crippen LogP contribution in [0.25, 0.3) is 11.0 Å². The molecule has 1 aromatic heterocycles. The Labute approximate surface area is 117 Å². The minimum Gasteiger partial charge on any atom is -0.478 e. The Hall–Kier alpha value is -1.95. The lowest BCUT2D eigenvalue weighted by molar-refractivity contribution is 0.0697. The molecule has 1 N–H and O–H groups in total. The lowest BCUT2D eigenvalue weighted by atomic mass is 10.2. The molecule has 2 aromatic rings. The fourth-order valence-electron chi connectivity index (χ4n) is 2.53. The molecule has 1 fully saturated rings. The number of aromatic carboxylic acids is 1. The Kier molecular flexibility index (Phi) is 3.40.